The van der Waals surface area contributed by atoms with Crippen molar-refractivity contribution in [3.05, 3.63) is 186 Å². The Bertz CT molecular complexity index is 2950. The van der Waals surface area contributed by atoms with E-state index in [1.54, 1.807) is 0 Å². The highest BCUT2D eigenvalue weighted by molar-refractivity contribution is 6.22. The molecule has 0 amide bonds. The van der Waals surface area contributed by atoms with Gasteiger partial charge in [-0.1, -0.05) is 141 Å². The van der Waals surface area contributed by atoms with Crippen molar-refractivity contribution < 1.29 is 0 Å². The highest BCUT2D eigenvalue weighted by Crippen LogP contribution is 2.52. The average molecular weight is 692 g/mol. The molecular weight excluding hydrogens is 651 g/mol. The van der Waals surface area contributed by atoms with E-state index in [0.717, 1.165) is 19.3 Å². The molecule has 258 valence electrons. The molecule has 0 unspecified atom stereocenters. The van der Waals surface area contributed by atoms with Gasteiger partial charge in [0.25, 0.3) is 0 Å². The van der Waals surface area contributed by atoms with Gasteiger partial charge in [-0.15, -0.1) is 0 Å². The normalized spacial score (nSPS) is 15.4. The average Bonchev–Trinajstić information content (AvgIpc) is 3.45. The molecule has 2 aliphatic carbocycles. The van der Waals surface area contributed by atoms with Crippen LogP contribution in [-0.4, -0.2) is 7.05 Å². The Hall–Kier alpha value is -6.18. The number of benzene rings is 8. The van der Waals surface area contributed by atoms with E-state index in [1.807, 2.05) is 0 Å². The van der Waals surface area contributed by atoms with Crippen molar-refractivity contribution in [1.29, 1.82) is 0 Å². The van der Waals surface area contributed by atoms with Gasteiger partial charge >= 0.3 is 0 Å². The van der Waals surface area contributed by atoms with Gasteiger partial charge in [-0.05, 0) is 142 Å². The smallest absolute Gasteiger partial charge is 0.0450 e. The second kappa shape index (κ2) is 11.7. The van der Waals surface area contributed by atoms with Gasteiger partial charge in [0.2, 0.25) is 0 Å². The van der Waals surface area contributed by atoms with Crippen molar-refractivity contribution in [2.24, 2.45) is 0 Å². The summed E-state index contributed by atoms with van der Waals surface area (Å²) in [7, 11) is 2.22. The highest BCUT2D eigenvalue weighted by Gasteiger charge is 2.37. The van der Waals surface area contributed by atoms with Crippen LogP contribution in [0.5, 0.6) is 0 Å². The van der Waals surface area contributed by atoms with Gasteiger partial charge in [0, 0.05) is 30.3 Å². The molecule has 0 saturated heterocycles. The zero-order valence-corrected chi connectivity index (χ0v) is 31.1. The van der Waals surface area contributed by atoms with Crippen LogP contribution >= 0.6 is 0 Å². The Labute approximate surface area is 317 Å². The molecule has 1 nitrogen and oxygen atoms in total. The predicted molar refractivity (Wildman–Crippen MR) is 231 cm³/mol. The Kier molecular flexibility index (Phi) is 6.77. The molecule has 1 heterocycles. The number of allylic oxidation sites excluding steroid dienone is 4. The largest absolute Gasteiger partial charge is 0.344 e. The van der Waals surface area contributed by atoms with Crippen molar-refractivity contribution >= 4 is 49.3 Å². The molecule has 8 aromatic carbocycles. The fourth-order valence-corrected chi connectivity index (χ4v) is 10.0. The molecule has 0 spiro atoms. The van der Waals surface area contributed by atoms with Crippen LogP contribution < -0.4 is 4.90 Å². The molecule has 0 fully saturated rings. The van der Waals surface area contributed by atoms with Gasteiger partial charge in [0.1, 0.15) is 0 Å². The summed E-state index contributed by atoms with van der Waals surface area (Å²) in [5.74, 6) is 0. The monoisotopic (exact) mass is 691 g/mol. The van der Waals surface area contributed by atoms with E-state index in [1.165, 1.54) is 110 Å². The molecule has 0 atom stereocenters. The minimum absolute atomic E-state index is 0.0114. The Balaban J connectivity index is 1.19. The molecular formula is C53H41N. The lowest BCUT2D eigenvalue weighted by Crippen LogP contribution is -2.18. The van der Waals surface area contributed by atoms with Crippen LogP contribution in [-0.2, 0) is 11.8 Å². The maximum Gasteiger partial charge on any atom is 0.0450 e. The molecule has 1 heteroatoms. The van der Waals surface area contributed by atoms with Crippen molar-refractivity contribution in [3.63, 3.8) is 0 Å². The van der Waals surface area contributed by atoms with Crippen molar-refractivity contribution in [2.75, 3.05) is 11.9 Å². The summed E-state index contributed by atoms with van der Waals surface area (Å²) >= 11 is 0. The molecule has 0 saturated carbocycles. The van der Waals surface area contributed by atoms with Crippen LogP contribution in [0.15, 0.2) is 163 Å². The molecule has 1 aliphatic heterocycles. The van der Waals surface area contributed by atoms with Gasteiger partial charge in [-0.2, -0.15) is 0 Å². The maximum absolute atomic E-state index is 2.52. The van der Waals surface area contributed by atoms with Crippen molar-refractivity contribution in [2.45, 2.75) is 38.5 Å². The minimum atomic E-state index is 0.0114. The number of fused-ring (bicyclic) bond motifs is 7. The molecule has 8 aromatic rings. The molecule has 0 radical (unpaired) electrons. The topological polar surface area (TPSA) is 3.24 Å². The molecule has 3 aliphatic rings. The van der Waals surface area contributed by atoms with Crippen LogP contribution in [0.1, 0.15) is 48.9 Å². The molecule has 0 N–H and O–H groups in total. The van der Waals surface area contributed by atoms with Gasteiger partial charge in [0.05, 0.1) is 0 Å². The van der Waals surface area contributed by atoms with E-state index in [9.17, 15) is 0 Å². The quantitative estimate of drug-likeness (QED) is 0.167. The summed E-state index contributed by atoms with van der Waals surface area (Å²) in [6.45, 7) is 4.79. The van der Waals surface area contributed by atoms with Gasteiger partial charge in [-0.3, -0.25) is 0 Å². The first-order valence-electron chi connectivity index (χ1n) is 19.4. The number of hydrogen-bond acceptors (Lipinski definition) is 1. The van der Waals surface area contributed by atoms with E-state index in [-0.39, 0.29) is 5.41 Å². The zero-order chi connectivity index (χ0) is 36.1. The molecule has 54 heavy (non-hydrogen) atoms. The minimum Gasteiger partial charge on any atom is -0.344 e. The summed E-state index contributed by atoms with van der Waals surface area (Å²) in [5.41, 5.74) is 18.9. The van der Waals surface area contributed by atoms with E-state index >= 15 is 0 Å². The standard InChI is InChI=1S/C53H41N/c1-53(2)47-18-10-9-15-41(47)45-31-39(25-27-48(45)53)52-43-17-8-7-16-42(43)51(40-23-22-38-29-37-14-6-11-19-49(37)54(3)50(38)32-40)44-26-24-36(30-46(44)52)35-21-20-33-12-4-5-13-34(33)28-35/h4-8,10-14,16-28,30-32H,9,15,29H2,1-3H3. The summed E-state index contributed by atoms with van der Waals surface area (Å²) in [4.78, 5) is 2.38. The SMILES string of the molecule is CN1c2ccccc2Cc2ccc(-c3c4ccccc4c(-c4ccc5c(c4)C4=C(C=CCC4)C5(C)C)c4cc(-c5ccc6ccccc6c5)ccc34)cc21. The van der Waals surface area contributed by atoms with E-state index in [2.05, 4.69) is 184 Å². The van der Waals surface area contributed by atoms with Crippen LogP contribution in [0.4, 0.5) is 11.4 Å². The first kappa shape index (κ1) is 31.4. The van der Waals surface area contributed by atoms with Crippen LogP contribution in [0, 0.1) is 0 Å². The first-order chi connectivity index (χ1) is 26.4. The van der Waals surface area contributed by atoms with Gasteiger partial charge < -0.3 is 4.90 Å². The second-order valence-electron chi connectivity index (χ2n) is 16.0. The molecule has 0 bridgehead atoms. The number of anilines is 2. The Morgan fingerprint density at radius 2 is 1.17 bits per heavy atom. The van der Waals surface area contributed by atoms with Gasteiger partial charge in [-0.25, -0.2) is 0 Å². The molecule has 11 rings (SSSR count). The number of rotatable bonds is 3. The third-order valence-electron chi connectivity index (χ3n) is 12.7. The zero-order valence-electron chi connectivity index (χ0n) is 31.1. The fraction of sp³-hybridized carbons (Fsp3) is 0.132. The van der Waals surface area contributed by atoms with E-state index < -0.39 is 0 Å². The van der Waals surface area contributed by atoms with Crippen molar-refractivity contribution in [1.82, 2.24) is 0 Å². The lowest BCUT2D eigenvalue weighted by molar-refractivity contribution is 0.651. The Morgan fingerprint density at radius 1 is 0.519 bits per heavy atom. The lowest BCUT2D eigenvalue weighted by Gasteiger charge is -2.31. The predicted octanol–water partition coefficient (Wildman–Crippen LogP) is 14.2. The summed E-state index contributed by atoms with van der Waals surface area (Å²) < 4.78 is 0. The van der Waals surface area contributed by atoms with E-state index in [0.29, 0.717) is 0 Å². The lowest BCUT2D eigenvalue weighted by atomic mass is 9.79. The second-order valence-corrected chi connectivity index (χ2v) is 16.0. The number of nitrogens with zero attached hydrogens (tertiary/aromatic N) is 1. The number of para-hydroxylation sites is 1. The summed E-state index contributed by atoms with van der Waals surface area (Å²) in [6, 6.07) is 55.2. The summed E-state index contributed by atoms with van der Waals surface area (Å²) in [5, 5.41) is 7.69. The van der Waals surface area contributed by atoms with E-state index in [4.69, 9.17) is 0 Å². The highest BCUT2D eigenvalue weighted by atomic mass is 15.1. The first-order valence-corrected chi connectivity index (χ1v) is 19.4. The Morgan fingerprint density at radius 3 is 2.04 bits per heavy atom. The fourth-order valence-electron chi connectivity index (χ4n) is 10.0. The van der Waals surface area contributed by atoms with Crippen LogP contribution in [0.25, 0.3) is 71.3 Å². The third-order valence-corrected chi connectivity index (χ3v) is 12.7. The number of hydrogen-bond donors (Lipinski definition) is 0. The third kappa shape index (κ3) is 4.58. The van der Waals surface area contributed by atoms with Gasteiger partial charge in [0.15, 0.2) is 0 Å². The maximum atomic E-state index is 2.52. The molecule has 0 aromatic heterocycles. The van der Waals surface area contributed by atoms with Crippen LogP contribution in [0.2, 0.25) is 0 Å². The van der Waals surface area contributed by atoms with Crippen molar-refractivity contribution in [3.8, 4) is 33.4 Å². The summed E-state index contributed by atoms with van der Waals surface area (Å²) in [6.07, 6.45) is 7.92. The van der Waals surface area contributed by atoms with Crippen LogP contribution in [0.3, 0.4) is 0 Å².